The summed E-state index contributed by atoms with van der Waals surface area (Å²) in [6.45, 7) is 6.04. The number of amides is 1. The molecule has 6 heteroatoms. The summed E-state index contributed by atoms with van der Waals surface area (Å²) < 4.78 is 10.8. The fraction of sp³-hybridized carbons (Fsp3) is 0.421. The molecule has 1 fully saturated rings. The van der Waals surface area contributed by atoms with E-state index in [0.717, 1.165) is 54.7 Å². The molecule has 1 aliphatic heterocycles. The molecule has 1 aliphatic rings. The number of carbonyl (C=O) groups is 1. The van der Waals surface area contributed by atoms with E-state index in [1.807, 2.05) is 42.2 Å². The molecule has 2 heterocycles. The lowest BCUT2D eigenvalue weighted by molar-refractivity contribution is 0.0632. The summed E-state index contributed by atoms with van der Waals surface area (Å²) in [4.78, 5) is 18.8. The van der Waals surface area contributed by atoms with E-state index < -0.39 is 0 Å². The lowest BCUT2D eigenvalue weighted by Crippen LogP contribution is -2.48. The molecule has 1 aromatic carbocycles. The lowest BCUT2D eigenvalue weighted by Gasteiger charge is -2.34. The number of rotatable bonds is 5. The van der Waals surface area contributed by atoms with Gasteiger partial charge in [-0.05, 0) is 37.3 Å². The third-order valence-electron chi connectivity index (χ3n) is 4.49. The lowest BCUT2D eigenvalue weighted by atomic mass is 10.1. The average molecular weight is 360 g/mol. The van der Waals surface area contributed by atoms with Crippen molar-refractivity contribution in [2.24, 2.45) is 0 Å². The van der Waals surface area contributed by atoms with Gasteiger partial charge < -0.3 is 14.4 Å². The molecule has 0 saturated carbocycles. The minimum Gasteiger partial charge on any atom is -0.497 e. The Labute approximate surface area is 152 Å². The molecule has 0 radical (unpaired) electrons. The van der Waals surface area contributed by atoms with Crippen molar-refractivity contribution in [1.82, 2.24) is 9.80 Å². The normalized spacial score (nSPS) is 15.2. The Morgan fingerprint density at radius 2 is 1.84 bits per heavy atom. The van der Waals surface area contributed by atoms with E-state index in [1.54, 1.807) is 25.6 Å². The first-order valence-electron chi connectivity index (χ1n) is 8.39. The predicted octanol–water partition coefficient (Wildman–Crippen LogP) is 3.03. The maximum Gasteiger partial charge on any atom is 0.264 e. The van der Waals surface area contributed by atoms with Gasteiger partial charge in [-0.2, -0.15) is 0 Å². The molecule has 0 N–H and O–H groups in total. The number of aryl methyl sites for hydroxylation is 1. The number of benzene rings is 1. The Balaban J connectivity index is 1.60. The third kappa shape index (κ3) is 4.14. The van der Waals surface area contributed by atoms with E-state index in [4.69, 9.17) is 9.47 Å². The summed E-state index contributed by atoms with van der Waals surface area (Å²) in [5.74, 6) is 1.85. The molecular weight excluding hydrogens is 336 g/mol. The Kier molecular flexibility index (Phi) is 5.60. The second-order valence-electron chi connectivity index (χ2n) is 6.16. The van der Waals surface area contributed by atoms with Crippen LogP contribution in [0, 0.1) is 6.92 Å². The van der Waals surface area contributed by atoms with Gasteiger partial charge in [0.2, 0.25) is 0 Å². The molecular formula is C19H24N2O3S. The van der Waals surface area contributed by atoms with Gasteiger partial charge in [-0.25, -0.2) is 0 Å². The molecule has 2 aromatic rings. The first-order chi connectivity index (χ1) is 12.1. The van der Waals surface area contributed by atoms with Crippen molar-refractivity contribution in [2.75, 3.05) is 40.4 Å². The minimum atomic E-state index is 0.150. The number of ether oxygens (including phenoxy) is 2. The Hall–Kier alpha value is -2.05. The maximum absolute atomic E-state index is 12.5. The van der Waals surface area contributed by atoms with E-state index in [0.29, 0.717) is 0 Å². The number of nitrogens with zero attached hydrogens (tertiary/aromatic N) is 2. The molecule has 1 saturated heterocycles. The summed E-state index contributed by atoms with van der Waals surface area (Å²) in [5.41, 5.74) is 1.11. The van der Waals surface area contributed by atoms with Crippen LogP contribution in [0.2, 0.25) is 0 Å². The summed E-state index contributed by atoms with van der Waals surface area (Å²) in [7, 11) is 3.35. The summed E-state index contributed by atoms with van der Waals surface area (Å²) in [6.07, 6.45) is 0. The smallest absolute Gasteiger partial charge is 0.264 e. The minimum absolute atomic E-state index is 0.150. The first-order valence-corrected chi connectivity index (χ1v) is 9.21. The van der Waals surface area contributed by atoms with Crippen LogP contribution in [-0.2, 0) is 6.54 Å². The van der Waals surface area contributed by atoms with E-state index in [-0.39, 0.29) is 5.91 Å². The molecule has 0 spiro atoms. The van der Waals surface area contributed by atoms with Crippen LogP contribution < -0.4 is 9.47 Å². The highest BCUT2D eigenvalue weighted by Gasteiger charge is 2.23. The van der Waals surface area contributed by atoms with E-state index in [2.05, 4.69) is 4.90 Å². The van der Waals surface area contributed by atoms with Crippen molar-refractivity contribution in [3.8, 4) is 11.5 Å². The monoisotopic (exact) mass is 360 g/mol. The fourth-order valence-corrected chi connectivity index (χ4v) is 3.90. The summed E-state index contributed by atoms with van der Waals surface area (Å²) in [6, 6.07) is 9.79. The largest absolute Gasteiger partial charge is 0.497 e. The van der Waals surface area contributed by atoms with Gasteiger partial charge in [-0.15, -0.1) is 11.3 Å². The molecule has 134 valence electrons. The average Bonchev–Trinajstić information content (AvgIpc) is 3.08. The quantitative estimate of drug-likeness (QED) is 0.822. The highest BCUT2D eigenvalue weighted by Crippen LogP contribution is 2.26. The van der Waals surface area contributed by atoms with Crippen LogP contribution >= 0.6 is 11.3 Å². The zero-order chi connectivity index (χ0) is 17.8. The number of methoxy groups -OCH3 is 2. The van der Waals surface area contributed by atoms with Gasteiger partial charge in [0.25, 0.3) is 5.91 Å². The topological polar surface area (TPSA) is 42.0 Å². The van der Waals surface area contributed by atoms with Crippen molar-refractivity contribution in [1.29, 1.82) is 0 Å². The van der Waals surface area contributed by atoms with Crippen LogP contribution in [0.15, 0.2) is 30.3 Å². The van der Waals surface area contributed by atoms with Crippen molar-refractivity contribution < 1.29 is 14.3 Å². The van der Waals surface area contributed by atoms with Crippen molar-refractivity contribution >= 4 is 17.2 Å². The Morgan fingerprint density at radius 1 is 1.08 bits per heavy atom. The standard InChI is InChI=1S/C19H24N2O3S/c1-14-4-7-18(25-14)19(22)21-10-8-20(9-11-21)13-15-12-16(23-2)5-6-17(15)24-3/h4-7,12H,8-11,13H2,1-3H3. The van der Waals surface area contributed by atoms with Crippen LogP contribution in [0.4, 0.5) is 0 Å². The second kappa shape index (κ2) is 7.89. The number of hydrogen-bond acceptors (Lipinski definition) is 5. The molecule has 5 nitrogen and oxygen atoms in total. The summed E-state index contributed by atoms with van der Waals surface area (Å²) in [5, 5.41) is 0. The SMILES string of the molecule is COc1ccc(OC)c(CN2CCN(C(=O)c3ccc(C)s3)CC2)c1. The van der Waals surface area contributed by atoms with Gasteiger partial charge in [-0.3, -0.25) is 9.69 Å². The fourth-order valence-electron chi connectivity index (χ4n) is 3.06. The van der Waals surface area contributed by atoms with Crippen LogP contribution in [0.25, 0.3) is 0 Å². The number of hydrogen-bond donors (Lipinski definition) is 0. The first kappa shape index (κ1) is 17.8. The molecule has 1 aromatic heterocycles. The van der Waals surface area contributed by atoms with Crippen molar-refractivity contribution in [3.63, 3.8) is 0 Å². The van der Waals surface area contributed by atoms with Gasteiger partial charge in [0.1, 0.15) is 11.5 Å². The molecule has 0 unspecified atom stereocenters. The van der Waals surface area contributed by atoms with Gasteiger partial charge in [-0.1, -0.05) is 0 Å². The van der Waals surface area contributed by atoms with Gasteiger partial charge in [0.15, 0.2) is 0 Å². The Morgan fingerprint density at radius 3 is 2.44 bits per heavy atom. The second-order valence-corrected chi connectivity index (χ2v) is 7.44. The van der Waals surface area contributed by atoms with Crippen molar-refractivity contribution in [3.05, 3.63) is 45.6 Å². The number of carbonyl (C=O) groups excluding carboxylic acids is 1. The Bertz CT molecular complexity index is 736. The van der Waals surface area contributed by atoms with Crippen LogP contribution in [0.1, 0.15) is 20.1 Å². The molecule has 3 rings (SSSR count). The predicted molar refractivity (Wildman–Crippen MR) is 99.8 cm³/mol. The van der Waals surface area contributed by atoms with Gasteiger partial charge >= 0.3 is 0 Å². The highest BCUT2D eigenvalue weighted by molar-refractivity contribution is 7.13. The molecule has 0 aliphatic carbocycles. The van der Waals surface area contributed by atoms with Gasteiger partial charge in [0.05, 0.1) is 19.1 Å². The van der Waals surface area contributed by atoms with E-state index in [9.17, 15) is 4.79 Å². The highest BCUT2D eigenvalue weighted by atomic mass is 32.1. The van der Waals surface area contributed by atoms with Gasteiger partial charge in [0, 0.05) is 43.2 Å². The molecule has 1 amide bonds. The van der Waals surface area contributed by atoms with Crippen LogP contribution in [0.3, 0.4) is 0 Å². The summed E-state index contributed by atoms with van der Waals surface area (Å²) >= 11 is 1.57. The van der Waals surface area contributed by atoms with E-state index >= 15 is 0 Å². The molecule has 0 bridgehead atoms. The van der Waals surface area contributed by atoms with Crippen LogP contribution in [0.5, 0.6) is 11.5 Å². The third-order valence-corrected chi connectivity index (χ3v) is 5.48. The van der Waals surface area contributed by atoms with E-state index in [1.165, 1.54) is 4.88 Å². The number of piperazine rings is 1. The zero-order valence-corrected chi connectivity index (χ0v) is 15.8. The maximum atomic E-state index is 12.5. The zero-order valence-electron chi connectivity index (χ0n) is 14.9. The molecule has 25 heavy (non-hydrogen) atoms. The molecule has 0 atom stereocenters. The van der Waals surface area contributed by atoms with Crippen LogP contribution in [-0.4, -0.2) is 56.1 Å². The van der Waals surface area contributed by atoms with Crippen molar-refractivity contribution in [2.45, 2.75) is 13.5 Å². The number of thiophene rings is 1.